The van der Waals surface area contributed by atoms with Crippen molar-refractivity contribution < 1.29 is 4.79 Å². The summed E-state index contributed by atoms with van der Waals surface area (Å²) in [7, 11) is 0. The molecule has 0 saturated heterocycles. The number of hydrogen-bond donors (Lipinski definition) is 1. The molecule has 4 nitrogen and oxygen atoms in total. The quantitative estimate of drug-likeness (QED) is 0.434. The molecule has 1 aromatic heterocycles. The highest BCUT2D eigenvalue weighted by Crippen LogP contribution is 2.27. The van der Waals surface area contributed by atoms with Crippen molar-refractivity contribution >= 4 is 29.3 Å². The van der Waals surface area contributed by atoms with Crippen molar-refractivity contribution in [1.82, 2.24) is 4.57 Å². The van der Waals surface area contributed by atoms with Crippen LogP contribution < -0.4 is 5.32 Å². The molecular weight excluding hydrogens is 382 g/mol. The molecule has 1 heterocycles. The molecule has 3 aromatic rings. The van der Waals surface area contributed by atoms with Gasteiger partial charge in [0.1, 0.15) is 11.6 Å². The van der Waals surface area contributed by atoms with Gasteiger partial charge in [-0.3, -0.25) is 4.79 Å². The third-order valence-corrected chi connectivity index (χ3v) is 5.31. The molecule has 0 atom stereocenters. The molecule has 1 N–H and O–H groups in total. The van der Waals surface area contributed by atoms with E-state index in [4.69, 9.17) is 11.6 Å². The van der Waals surface area contributed by atoms with Crippen LogP contribution in [-0.4, -0.2) is 10.5 Å². The van der Waals surface area contributed by atoms with Crippen molar-refractivity contribution in [1.29, 1.82) is 5.26 Å². The zero-order valence-electron chi connectivity index (χ0n) is 16.9. The lowest BCUT2D eigenvalue weighted by atomic mass is 10.1. The van der Waals surface area contributed by atoms with Crippen LogP contribution in [0.4, 0.5) is 5.69 Å². The molecule has 0 aliphatic carbocycles. The molecule has 0 spiro atoms. The fraction of sp³-hybridized carbons (Fsp3) is 0.167. The van der Waals surface area contributed by atoms with Crippen molar-refractivity contribution in [3.8, 4) is 11.8 Å². The largest absolute Gasteiger partial charge is 0.321 e. The SMILES string of the molecule is Cc1ccc(NC(=O)/C(C#N)=C/c2cc(C)n(-c3ccccc3Cl)c2C)cc1C. The lowest BCUT2D eigenvalue weighted by Crippen LogP contribution is -2.13. The molecule has 0 bridgehead atoms. The topological polar surface area (TPSA) is 57.8 Å². The summed E-state index contributed by atoms with van der Waals surface area (Å²) in [5, 5.41) is 13.0. The highest BCUT2D eigenvalue weighted by Gasteiger charge is 2.15. The second kappa shape index (κ2) is 8.38. The van der Waals surface area contributed by atoms with E-state index in [1.807, 2.05) is 86.9 Å². The molecule has 0 aliphatic rings. The average Bonchev–Trinajstić information content (AvgIpc) is 2.96. The summed E-state index contributed by atoms with van der Waals surface area (Å²) in [4.78, 5) is 12.6. The highest BCUT2D eigenvalue weighted by atomic mass is 35.5. The van der Waals surface area contributed by atoms with E-state index in [9.17, 15) is 10.1 Å². The number of aryl methyl sites for hydroxylation is 3. The van der Waals surface area contributed by atoms with Crippen LogP contribution in [-0.2, 0) is 4.79 Å². The van der Waals surface area contributed by atoms with E-state index in [1.54, 1.807) is 6.08 Å². The molecule has 146 valence electrons. The Morgan fingerprint density at radius 2 is 1.79 bits per heavy atom. The van der Waals surface area contributed by atoms with Gasteiger partial charge in [0.15, 0.2) is 0 Å². The third kappa shape index (κ3) is 4.26. The van der Waals surface area contributed by atoms with Gasteiger partial charge >= 0.3 is 0 Å². The maximum absolute atomic E-state index is 12.6. The minimum absolute atomic E-state index is 0.0441. The first kappa shape index (κ1) is 20.4. The fourth-order valence-corrected chi connectivity index (χ4v) is 3.48. The third-order valence-electron chi connectivity index (χ3n) is 4.99. The van der Waals surface area contributed by atoms with E-state index in [-0.39, 0.29) is 5.57 Å². The first-order valence-corrected chi connectivity index (χ1v) is 9.64. The van der Waals surface area contributed by atoms with Crippen LogP contribution in [0.3, 0.4) is 0 Å². The Balaban J connectivity index is 1.94. The Morgan fingerprint density at radius 3 is 2.45 bits per heavy atom. The van der Waals surface area contributed by atoms with Crippen LogP contribution in [0.15, 0.2) is 54.1 Å². The van der Waals surface area contributed by atoms with E-state index >= 15 is 0 Å². The van der Waals surface area contributed by atoms with Gasteiger partial charge in [0, 0.05) is 17.1 Å². The molecule has 0 unspecified atom stereocenters. The first-order valence-electron chi connectivity index (χ1n) is 9.26. The first-order chi connectivity index (χ1) is 13.8. The number of nitrogens with one attached hydrogen (secondary N) is 1. The number of anilines is 1. The standard InChI is InChI=1S/C24H22ClN3O/c1-15-9-10-21(11-16(15)2)27-24(29)20(14-26)13-19-12-17(3)28(18(19)4)23-8-6-5-7-22(23)25/h5-13H,1-4H3,(H,27,29)/b20-13+. The summed E-state index contributed by atoms with van der Waals surface area (Å²) < 4.78 is 2.02. The van der Waals surface area contributed by atoms with Gasteiger partial charge < -0.3 is 9.88 Å². The van der Waals surface area contributed by atoms with Gasteiger partial charge in [-0.05, 0) is 80.8 Å². The van der Waals surface area contributed by atoms with Gasteiger partial charge in [-0.2, -0.15) is 5.26 Å². The minimum Gasteiger partial charge on any atom is -0.321 e. The normalized spacial score (nSPS) is 11.2. The number of amides is 1. The number of hydrogen-bond acceptors (Lipinski definition) is 2. The van der Waals surface area contributed by atoms with Crippen LogP contribution in [0.1, 0.15) is 28.1 Å². The number of nitriles is 1. The van der Waals surface area contributed by atoms with E-state index in [1.165, 1.54) is 0 Å². The number of nitrogens with zero attached hydrogens (tertiary/aromatic N) is 2. The van der Waals surface area contributed by atoms with Crippen LogP contribution in [0.25, 0.3) is 11.8 Å². The summed E-state index contributed by atoms with van der Waals surface area (Å²) >= 11 is 6.36. The van der Waals surface area contributed by atoms with E-state index < -0.39 is 5.91 Å². The highest BCUT2D eigenvalue weighted by molar-refractivity contribution is 6.32. The number of benzene rings is 2. The predicted octanol–water partition coefficient (Wildman–Crippen LogP) is 5.91. The van der Waals surface area contributed by atoms with Crippen molar-refractivity contribution in [2.24, 2.45) is 0 Å². The molecule has 29 heavy (non-hydrogen) atoms. The Kier molecular flexibility index (Phi) is 5.91. The molecule has 1 amide bonds. The van der Waals surface area contributed by atoms with E-state index in [0.717, 1.165) is 33.8 Å². The molecule has 0 fully saturated rings. The van der Waals surface area contributed by atoms with Crippen molar-refractivity contribution in [2.75, 3.05) is 5.32 Å². The van der Waals surface area contributed by atoms with Crippen LogP contribution in [0.5, 0.6) is 0 Å². The zero-order valence-corrected chi connectivity index (χ0v) is 17.6. The number of halogens is 1. The van der Waals surface area contributed by atoms with Crippen LogP contribution >= 0.6 is 11.6 Å². The maximum Gasteiger partial charge on any atom is 0.266 e. The smallest absolute Gasteiger partial charge is 0.266 e. The van der Waals surface area contributed by atoms with Gasteiger partial charge in [0.25, 0.3) is 5.91 Å². The lowest BCUT2D eigenvalue weighted by molar-refractivity contribution is -0.112. The number of carbonyl (C=O) groups is 1. The van der Waals surface area contributed by atoms with E-state index in [0.29, 0.717) is 10.7 Å². The minimum atomic E-state index is -0.432. The Hall–Kier alpha value is -3.29. The molecule has 3 rings (SSSR count). The number of rotatable bonds is 4. The summed E-state index contributed by atoms with van der Waals surface area (Å²) in [5.74, 6) is -0.432. The van der Waals surface area contributed by atoms with Crippen molar-refractivity contribution in [3.63, 3.8) is 0 Å². The molecule has 0 saturated carbocycles. The summed E-state index contributed by atoms with van der Waals surface area (Å²) in [6.07, 6.45) is 1.62. The second-order valence-electron chi connectivity index (χ2n) is 7.04. The summed E-state index contributed by atoms with van der Waals surface area (Å²) in [6.45, 7) is 7.90. The van der Waals surface area contributed by atoms with Gasteiger partial charge in [-0.1, -0.05) is 29.8 Å². The fourth-order valence-electron chi connectivity index (χ4n) is 3.26. The predicted molar refractivity (Wildman–Crippen MR) is 118 cm³/mol. The van der Waals surface area contributed by atoms with Crippen molar-refractivity contribution in [2.45, 2.75) is 27.7 Å². The van der Waals surface area contributed by atoms with Gasteiger partial charge in [-0.25, -0.2) is 0 Å². The number of para-hydroxylation sites is 1. The second-order valence-corrected chi connectivity index (χ2v) is 7.44. The summed E-state index contributed by atoms with van der Waals surface area (Å²) in [5.41, 5.74) is 6.47. The van der Waals surface area contributed by atoms with Crippen LogP contribution in [0.2, 0.25) is 5.02 Å². The Bertz CT molecular complexity index is 1170. The lowest BCUT2D eigenvalue weighted by Gasteiger charge is -2.11. The molecule has 0 radical (unpaired) electrons. The van der Waals surface area contributed by atoms with Crippen LogP contribution in [0, 0.1) is 39.0 Å². The monoisotopic (exact) mass is 403 g/mol. The van der Waals surface area contributed by atoms with Gasteiger partial charge in [0.05, 0.1) is 10.7 Å². The molecule has 2 aromatic carbocycles. The molecular formula is C24H22ClN3O. The molecule has 0 aliphatic heterocycles. The summed E-state index contributed by atoms with van der Waals surface area (Å²) in [6, 6.07) is 17.2. The van der Waals surface area contributed by atoms with E-state index in [2.05, 4.69) is 5.32 Å². The zero-order chi connectivity index (χ0) is 21.1. The number of carbonyl (C=O) groups excluding carboxylic acids is 1. The average molecular weight is 404 g/mol. The Morgan fingerprint density at radius 1 is 1.07 bits per heavy atom. The maximum atomic E-state index is 12.6. The van der Waals surface area contributed by atoms with Gasteiger partial charge in [0.2, 0.25) is 0 Å². The van der Waals surface area contributed by atoms with Crippen molar-refractivity contribution in [3.05, 3.63) is 87.2 Å². The number of aromatic nitrogens is 1. The van der Waals surface area contributed by atoms with Gasteiger partial charge in [-0.15, -0.1) is 0 Å². The Labute approximate surface area is 176 Å². The molecule has 5 heteroatoms.